The molecule has 4 bridgehead atoms. The summed E-state index contributed by atoms with van der Waals surface area (Å²) in [4.78, 5) is 30.2. The first-order valence-corrected chi connectivity index (χ1v) is 11.1. The van der Waals surface area contributed by atoms with Crippen LogP contribution >= 0.6 is 0 Å². The third-order valence-corrected chi connectivity index (χ3v) is 7.58. The Hall–Kier alpha value is -2.70. The van der Waals surface area contributed by atoms with E-state index in [0.717, 1.165) is 37.7 Å². The van der Waals surface area contributed by atoms with Gasteiger partial charge in [0, 0.05) is 31.9 Å². The summed E-state index contributed by atoms with van der Waals surface area (Å²) in [5, 5.41) is 6.48. The number of imidazole rings is 1. The van der Waals surface area contributed by atoms with E-state index in [9.17, 15) is 14.0 Å². The van der Waals surface area contributed by atoms with E-state index in [2.05, 4.69) is 15.6 Å². The van der Waals surface area contributed by atoms with E-state index in [1.807, 2.05) is 17.8 Å². The normalized spacial score (nSPS) is 32.0. The van der Waals surface area contributed by atoms with Gasteiger partial charge in [-0.15, -0.1) is 0 Å². The maximum absolute atomic E-state index is 13.8. The van der Waals surface area contributed by atoms with Crippen molar-refractivity contribution in [2.45, 2.75) is 57.0 Å². The molecule has 1 heterocycles. The summed E-state index contributed by atoms with van der Waals surface area (Å²) in [5.74, 6) is 1.34. The van der Waals surface area contributed by atoms with Gasteiger partial charge in [0.2, 0.25) is 11.8 Å². The van der Waals surface area contributed by atoms with Crippen LogP contribution < -0.4 is 10.6 Å². The molecule has 0 spiro atoms. The Morgan fingerprint density at radius 1 is 1.16 bits per heavy atom. The van der Waals surface area contributed by atoms with Crippen molar-refractivity contribution < 1.29 is 14.0 Å². The Bertz CT molecular complexity index is 1000. The molecule has 1 aromatic heterocycles. The fourth-order valence-electron chi connectivity index (χ4n) is 6.94. The Labute approximate surface area is 181 Å². The average molecular weight is 425 g/mol. The lowest BCUT2D eigenvalue weighted by molar-refractivity contribution is -0.153. The highest BCUT2D eigenvalue weighted by atomic mass is 19.1. The first-order valence-electron chi connectivity index (χ1n) is 11.1. The highest BCUT2D eigenvalue weighted by Crippen LogP contribution is 2.61. The molecule has 1 aromatic carbocycles. The third kappa shape index (κ3) is 3.54. The number of carbonyl (C=O) groups excluding carboxylic acids is 2. The fourth-order valence-corrected chi connectivity index (χ4v) is 6.94. The van der Waals surface area contributed by atoms with Gasteiger partial charge in [0.15, 0.2) is 0 Å². The summed E-state index contributed by atoms with van der Waals surface area (Å²) in [5.41, 5.74) is 0.0584. The number of rotatable bonds is 5. The molecule has 4 fully saturated rings. The van der Waals surface area contributed by atoms with E-state index in [4.69, 9.17) is 0 Å². The SMILES string of the molecule is CC(=O)NC12C[C@H]3C[C@@H](C1)CC(C(=O)N[C@@H](c1ccc(F)cc1)c1nccn1C)(C3)C2. The minimum atomic E-state index is -0.476. The number of nitrogens with zero attached hydrogens (tertiary/aromatic N) is 2. The lowest BCUT2D eigenvalue weighted by Gasteiger charge is -2.61. The molecule has 5 atom stereocenters. The number of amides is 2. The highest BCUT2D eigenvalue weighted by Gasteiger charge is 2.61. The van der Waals surface area contributed by atoms with Crippen LogP contribution in [0.3, 0.4) is 0 Å². The maximum Gasteiger partial charge on any atom is 0.227 e. The van der Waals surface area contributed by atoms with Crippen LogP contribution in [0.25, 0.3) is 0 Å². The maximum atomic E-state index is 13.8. The molecule has 2 amide bonds. The van der Waals surface area contributed by atoms with Crippen LogP contribution in [0, 0.1) is 23.1 Å². The largest absolute Gasteiger partial charge is 0.351 e. The predicted octanol–water partition coefficient (Wildman–Crippen LogP) is 3.24. The van der Waals surface area contributed by atoms with E-state index in [-0.39, 0.29) is 23.2 Å². The predicted molar refractivity (Wildman–Crippen MR) is 113 cm³/mol. The molecule has 0 aliphatic heterocycles. The average Bonchev–Trinajstić information content (AvgIpc) is 3.10. The molecular formula is C24H29FN4O2. The Balaban J connectivity index is 1.46. The standard InChI is InChI=1S/C24H29FN4O2/c1-15(30)28-24-12-16-9-17(13-24)11-23(10-16,14-24)22(31)27-20(21-26-7-8-29(21)2)18-3-5-19(25)6-4-18/h3-8,16-17,20H,9-14H2,1-2H3,(H,27,31)(H,28,30)/t16-,17+,20-,23?,24?/m0/s1. The number of carbonyl (C=O) groups is 2. The molecule has 4 aliphatic rings. The van der Waals surface area contributed by atoms with Crippen molar-refractivity contribution in [2.24, 2.45) is 24.3 Å². The van der Waals surface area contributed by atoms with Gasteiger partial charge in [-0.2, -0.15) is 0 Å². The van der Waals surface area contributed by atoms with Gasteiger partial charge in [-0.1, -0.05) is 12.1 Å². The van der Waals surface area contributed by atoms with Gasteiger partial charge in [-0.25, -0.2) is 9.37 Å². The van der Waals surface area contributed by atoms with Gasteiger partial charge < -0.3 is 15.2 Å². The van der Waals surface area contributed by atoms with Gasteiger partial charge in [0.1, 0.15) is 17.7 Å². The summed E-state index contributed by atoms with van der Waals surface area (Å²) in [6.45, 7) is 1.57. The van der Waals surface area contributed by atoms with Crippen LogP contribution in [0.2, 0.25) is 0 Å². The molecule has 2 N–H and O–H groups in total. The van der Waals surface area contributed by atoms with Crippen LogP contribution in [0.15, 0.2) is 36.7 Å². The molecule has 31 heavy (non-hydrogen) atoms. The summed E-state index contributed by atoms with van der Waals surface area (Å²) in [6, 6.07) is 5.76. The second kappa shape index (κ2) is 7.18. The number of halogens is 1. The van der Waals surface area contributed by atoms with Crippen LogP contribution in [-0.2, 0) is 16.6 Å². The van der Waals surface area contributed by atoms with Crippen molar-refractivity contribution in [3.63, 3.8) is 0 Å². The van der Waals surface area contributed by atoms with Crippen molar-refractivity contribution >= 4 is 11.8 Å². The molecule has 4 saturated carbocycles. The van der Waals surface area contributed by atoms with Gasteiger partial charge in [0.05, 0.1) is 5.41 Å². The van der Waals surface area contributed by atoms with Crippen molar-refractivity contribution in [1.29, 1.82) is 0 Å². The first kappa shape index (κ1) is 20.2. The van der Waals surface area contributed by atoms with E-state index in [0.29, 0.717) is 24.1 Å². The zero-order valence-corrected chi connectivity index (χ0v) is 18.0. The van der Waals surface area contributed by atoms with Crippen molar-refractivity contribution in [3.05, 3.63) is 53.9 Å². The summed E-state index contributed by atoms with van der Waals surface area (Å²) >= 11 is 0. The first-order chi connectivity index (χ1) is 14.8. The Kier molecular flexibility index (Phi) is 4.68. The molecular weight excluding hydrogens is 395 g/mol. The topological polar surface area (TPSA) is 76.0 Å². The van der Waals surface area contributed by atoms with Gasteiger partial charge >= 0.3 is 0 Å². The van der Waals surface area contributed by atoms with Crippen LogP contribution in [0.1, 0.15) is 62.9 Å². The number of hydrogen-bond acceptors (Lipinski definition) is 3. The van der Waals surface area contributed by atoms with Gasteiger partial charge in [0.25, 0.3) is 0 Å². The van der Waals surface area contributed by atoms with E-state index < -0.39 is 11.5 Å². The number of benzene rings is 1. The number of aromatic nitrogens is 2. The van der Waals surface area contributed by atoms with Crippen molar-refractivity contribution in [2.75, 3.05) is 0 Å². The third-order valence-electron chi connectivity index (χ3n) is 7.58. The molecule has 7 heteroatoms. The monoisotopic (exact) mass is 424 g/mol. The van der Waals surface area contributed by atoms with Crippen LogP contribution in [0.5, 0.6) is 0 Å². The molecule has 6 rings (SSSR count). The summed E-state index contributed by atoms with van der Waals surface area (Å²) in [6.07, 6.45) is 9.06. The quantitative estimate of drug-likeness (QED) is 0.774. The van der Waals surface area contributed by atoms with E-state index in [1.54, 1.807) is 25.3 Å². The van der Waals surface area contributed by atoms with Crippen molar-refractivity contribution in [1.82, 2.24) is 20.2 Å². The fraction of sp³-hybridized carbons (Fsp3) is 0.542. The van der Waals surface area contributed by atoms with Crippen molar-refractivity contribution in [3.8, 4) is 0 Å². The lowest BCUT2D eigenvalue weighted by atomic mass is 9.46. The smallest absolute Gasteiger partial charge is 0.227 e. The zero-order chi connectivity index (χ0) is 21.8. The molecule has 0 saturated heterocycles. The van der Waals surface area contributed by atoms with Gasteiger partial charge in [-0.3, -0.25) is 9.59 Å². The number of nitrogens with one attached hydrogen (secondary N) is 2. The van der Waals surface area contributed by atoms with E-state index >= 15 is 0 Å². The van der Waals surface area contributed by atoms with Crippen LogP contribution in [0.4, 0.5) is 4.39 Å². The minimum absolute atomic E-state index is 0.0188. The molecule has 6 nitrogen and oxygen atoms in total. The lowest BCUT2D eigenvalue weighted by Crippen LogP contribution is -2.65. The van der Waals surface area contributed by atoms with E-state index in [1.165, 1.54) is 12.1 Å². The molecule has 164 valence electrons. The molecule has 0 radical (unpaired) electrons. The summed E-state index contributed by atoms with van der Waals surface area (Å²) < 4.78 is 15.4. The highest BCUT2D eigenvalue weighted by molar-refractivity contribution is 5.84. The number of hydrogen-bond donors (Lipinski definition) is 2. The summed E-state index contributed by atoms with van der Waals surface area (Å²) in [7, 11) is 1.89. The molecule has 2 aromatic rings. The zero-order valence-electron chi connectivity index (χ0n) is 18.0. The Morgan fingerprint density at radius 2 is 1.84 bits per heavy atom. The second-order valence-corrected chi connectivity index (χ2v) is 10.1. The molecule has 2 unspecified atom stereocenters. The second-order valence-electron chi connectivity index (χ2n) is 10.1. The molecule has 4 aliphatic carbocycles. The number of aryl methyl sites for hydroxylation is 1. The van der Waals surface area contributed by atoms with Crippen LogP contribution in [-0.4, -0.2) is 26.9 Å². The minimum Gasteiger partial charge on any atom is -0.351 e. The Morgan fingerprint density at radius 3 is 2.42 bits per heavy atom. The van der Waals surface area contributed by atoms with Gasteiger partial charge in [-0.05, 0) is 68.1 Å².